The van der Waals surface area contributed by atoms with Crippen LogP contribution in [0.2, 0.25) is 0 Å². The molecule has 8 heteroatoms. The Labute approximate surface area is 123 Å². The summed E-state index contributed by atoms with van der Waals surface area (Å²) < 4.78 is 25.7. The minimum absolute atomic E-state index is 0.528. The fraction of sp³-hybridized carbons (Fsp3) is 1.00. The van der Waals surface area contributed by atoms with E-state index >= 15 is 0 Å². The van der Waals surface area contributed by atoms with Gasteiger partial charge >= 0.3 is 0 Å². The Bertz CT molecular complexity index is 355. The van der Waals surface area contributed by atoms with Crippen LogP contribution in [0.4, 0.5) is 0 Å². The van der Waals surface area contributed by atoms with Gasteiger partial charge in [-0.15, -0.1) is 4.83 Å². The Morgan fingerprint density at radius 1 is 1.15 bits per heavy atom. The van der Waals surface area contributed by atoms with E-state index in [0.29, 0.717) is 6.54 Å². The van der Waals surface area contributed by atoms with E-state index in [-0.39, 0.29) is 0 Å². The maximum atomic E-state index is 12.1. The lowest BCUT2D eigenvalue weighted by atomic mass is 10.4. The molecule has 1 aliphatic rings. The minimum Gasteiger partial charge on any atom is -0.317 e. The molecule has 0 amide bonds. The van der Waals surface area contributed by atoms with E-state index < -0.39 is 10.2 Å². The zero-order valence-corrected chi connectivity index (χ0v) is 13.7. The monoisotopic (exact) mass is 307 g/mol. The van der Waals surface area contributed by atoms with Crippen molar-refractivity contribution in [3.8, 4) is 0 Å². The van der Waals surface area contributed by atoms with E-state index in [4.69, 9.17) is 0 Å². The van der Waals surface area contributed by atoms with Crippen molar-refractivity contribution in [2.24, 2.45) is 0 Å². The number of rotatable bonds is 9. The molecule has 1 aliphatic heterocycles. The molecule has 0 aromatic rings. The predicted octanol–water partition coefficient (Wildman–Crippen LogP) is -0.695. The molecule has 0 aliphatic carbocycles. The number of nitrogens with zero attached hydrogens (tertiary/aromatic N) is 3. The van der Waals surface area contributed by atoms with Crippen molar-refractivity contribution in [3.63, 3.8) is 0 Å². The zero-order chi connectivity index (χ0) is 15.0. The van der Waals surface area contributed by atoms with Gasteiger partial charge in [-0.05, 0) is 33.0 Å². The fourth-order valence-electron chi connectivity index (χ4n) is 1.98. The maximum absolute atomic E-state index is 12.1. The van der Waals surface area contributed by atoms with Crippen LogP contribution in [-0.2, 0) is 10.2 Å². The summed E-state index contributed by atoms with van der Waals surface area (Å²) in [6.45, 7) is 7.69. The van der Waals surface area contributed by atoms with Crippen LogP contribution in [0.15, 0.2) is 0 Å². The Kier molecular flexibility index (Phi) is 7.93. The maximum Gasteiger partial charge on any atom is 0.292 e. The largest absolute Gasteiger partial charge is 0.317 e. The van der Waals surface area contributed by atoms with Crippen molar-refractivity contribution in [2.45, 2.75) is 19.8 Å². The normalized spacial score (nSPS) is 18.8. The number of hydrogen-bond acceptors (Lipinski definition) is 5. The molecule has 0 saturated carbocycles. The summed E-state index contributed by atoms with van der Waals surface area (Å²) in [6.07, 6.45) is 1.92. The van der Waals surface area contributed by atoms with Crippen LogP contribution in [0, 0.1) is 0 Å². The smallest absolute Gasteiger partial charge is 0.292 e. The molecular weight excluding hydrogens is 278 g/mol. The van der Waals surface area contributed by atoms with E-state index in [1.165, 1.54) is 4.31 Å². The molecule has 120 valence electrons. The Balaban J connectivity index is 2.28. The van der Waals surface area contributed by atoms with Crippen LogP contribution in [0.3, 0.4) is 0 Å². The van der Waals surface area contributed by atoms with Gasteiger partial charge in [0.2, 0.25) is 0 Å². The number of piperazine rings is 1. The Morgan fingerprint density at radius 2 is 1.80 bits per heavy atom. The molecule has 0 bridgehead atoms. The van der Waals surface area contributed by atoms with E-state index in [1.54, 1.807) is 12.1 Å². The number of hydrogen-bond donors (Lipinski definition) is 2. The predicted molar refractivity (Wildman–Crippen MR) is 81.5 cm³/mol. The lowest BCUT2D eigenvalue weighted by Crippen LogP contribution is -2.55. The summed E-state index contributed by atoms with van der Waals surface area (Å²) >= 11 is 0. The van der Waals surface area contributed by atoms with Gasteiger partial charge in [-0.2, -0.15) is 12.7 Å². The standard InChI is InChI=1S/C12H29N5O2S/c1-4-6-13-7-5-8-16(3)20(18,19)14-17-11-9-15(2)10-12-17/h13-14H,4-12H2,1-3H3. The molecule has 0 unspecified atom stereocenters. The second-order valence-corrected chi connectivity index (χ2v) is 7.07. The molecule has 20 heavy (non-hydrogen) atoms. The van der Waals surface area contributed by atoms with Crippen LogP contribution >= 0.6 is 0 Å². The van der Waals surface area contributed by atoms with Crippen molar-refractivity contribution in [3.05, 3.63) is 0 Å². The van der Waals surface area contributed by atoms with Gasteiger partial charge in [-0.25, -0.2) is 5.01 Å². The highest BCUT2D eigenvalue weighted by atomic mass is 32.2. The van der Waals surface area contributed by atoms with Crippen LogP contribution in [0.1, 0.15) is 19.8 Å². The third-order valence-electron chi connectivity index (χ3n) is 3.41. The first-order valence-corrected chi connectivity index (χ1v) is 8.77. The molecule has 2 N–H and O–H groups in total. The summed E-state index contributed by atoms with van der Waals surface area (Å²) in [6, 6.07) is 0. The van der Waals surface area contributed by atoms with Gasteiger partial charge < -0.3 is 10.2 Å². The van der Waals surface area contributed by atoms with Gasteiger partial charge in [0.05, 0.1) is 0 Å². The van der Waals surface area contributed by atoms with Crippen molar-refractivity contribution in [2.75, 3.05) is 59.9 Å². The lowest BCUT2D eigenvalue weighted by molar-refractivity contribution is 0.132. The fourth-order valence-corrected chi connectivity index (χ4v) is 3.00. The number of likely N-dealkylation sites (N-methyl/N-ethyl adjacent to an activating group) is 1. The summed E-state index contributed by atoms with van der Waals surface area (Å²) in [5.74, 6) is 0. The third kappa shape index (κ3) is 6.47. The van der Waals surface area contributed by atoms with E-state index in [0.717, 1.165) is 52.1 Å². The van der Waals surface area contributed by atoms with Crippen LogP contribution in [0.25, 0.3) is 0 Å². The highest BCUT2D eigenvalue weighted by Gasteiger charge is 2.22. The van der Waals surface area contributed by atoms with Crippen molar-refractivity contribution in [1.82, 2.24) is 24.4 Å². The summed E-state index contributed by atoms with van der Waals surface area (Å²) in [4.78, 5) is 4.84. The molecule has 0 atom stereocenters. The first-order valence-electron chi connectivity index (χ1n) is 7.33. The molecule has 0 radical (unpaired) electrons. The molecule has 1 fully saturated rings. The molecular formula is C12H29N5O2S. The first-order chi connectivity index (χ1) is 9.45. The van der Waals surface area contributed by atoms with Gasteiger partial charge in [0.1, 0.15) is 0 Å². The quantitative estimate of drug-likeness (QED) is 0.552. The highest BCUT2D eigenvalue weighted by Crippen LogP contribution is 2.01. The van der Waals surface area contributed by atoms with Gasteiger partial charge in [-0.3, -0.25) is 0 Å². The average molecular weight is 307 g/mol. The van der Waals surface area contributed by atoms with Crippen molar-refractivity contribution in [1.29, 1.82) is 0 Å². The topological polar surface area (TPSA) is 67.9 Å². The van der Waals surface area contributed by atoms with Crippen molar-refractivity contribution < 1.29 is 8.42 Å². The third-order valence-corrected chi connectivity index (χ3v) is 4.90. The lowest BCUT2D eigenvalue weighted by Gasteiger charge is -2.33. The summed E-state index contributed by atoms with van der Waals surface area (Å²) in [5.41, 5.74) is 0. The van der Waals surface area contributed by atoms with E-state index in [1.807, 2.05) is 7.05 Å². The van der Waals surface area contributed by atoms with Gasteiger partial charge in [0.15, 0.2) is 0 Å². The molecule has 1 saturated heterocycles. The van der Waals surface area contributed by atoms with Crippen LogP contribution in [0.5, 0.6) is 0 Å². The van der Waals surface area contributed by atoms with Crippen LogP contribution < -0.4 is 10.1 Å². The second kappa shape index (κ2) is 8.91. The highest BCUT2D eigenvalue weighted by molar-refractivity contribution is 7.87. The van der Waals surface area contributed by atoms with Gasteiger partial charge in [0.25, 0.3) is 10.2 Å². The van der Waals surface area contributed by atoms with Gasteiger partial charge in [-0.1, -0.05) is 6.92 Å². The summed E-state index contributed by atoms with van der Waals surface area (Å²) in [7, 11) is 0.259. The second-order valence-electron chi connectivity index (χ2n) is 5.31. The summed E-state index contributed by atoms with van der Waals surface area (Å²) in [5, 5.41) is 5.05. The van der Waals surface area contributed by atoms with E-state index in [9.17, 15) is 8.42 Å². The van der Waals surface area contributed by atoms with E-state index in [2.05, 4.69) is 22.0 Å². The Hall–Kier alpha value is -0.250. The van der Waals surface area contributed by atoms with Gasteiger partial charge in [0, 0.05) is 39.8 Å². The van der Waals surface area contributed by atoms with Crippen LogP contribution in [-0.4, -0.2) is 82.5 Å². The molecule has 1 rings (SSSR count). The Morgan fingerprint density at radius 3 is 2.40 bits per heavy atom. The molecule has 1 heterocycles. The first kappa shape index (κ1) is 17.8. The number of nitrogens with one attached hydrogen (secondary N) is 2. The average Bonchev–Trinajstić information content (AvgIpc) is 2.40. The molecule has 7 nitrogen and oxygen atoms in total. The SMILES string of the molecule is CCCNCCCN(C)S(=O)(=O)NN1CCN(C)CC1. The molecule has 0 spiro atoms. The van der Waals surface area contributed by atoms with Crippen molar-refractivity contribution >= 4 is 10.2 Å². The molecule has 0 aromatic heterocycles. The zero-order valence-electron chi connectivity index (χ0n) is 12.9. The minimum atomic E-state index is -3.41. The molecule has 0 aromatic carbocycles. The number of hydrazine groups is 1.